The molecule has 0 aliphatic rings. The van der Waals surface area contributed by atoms with Gasteiger partial charge in [0.05, 0.1) is 15.2 Å². The summed E-state index contributed by atoms with van der Waals surface area (Å²) in [6, 6.07) is 5.55. The van der Waals surface area contributed by atoms with Crippen molar-refractivity contribution in [2.45, 2.75) is 20.3 Å². The minimum atomic E-state index is -0.201. The summed E-state index contributed by atoms with van der Waals surface area (Å²) in [7, 11) is 0. The number of rotatable bonds is 6. The molecule has 2 aromatic rings. The Morgan fingerprint density at radius 1 is 1.45 bits per heavy atom. The van der Waals surface area contributed by atoms with Crippen molar-refractivity contribution in [2.75, 3.05) is 25.1 Å². The number of hydrogen-bond acceptors (Lipinski definition) is 4. The third kappa shape index (κ3) is 4.18. The Balaban J connectivity index is 1.83. The molecule has 20 heavy (non-hydrogen) atoms. The Bertz CT molecular complexity index is 583. The number of fused-ring (bicyclic) bond motifs is 1. The number of anilines is 1. The number of carbonyl (C=O) groups excluding carboxylic acids is 1. The smallest absolute Gasteiger partial charge is 0.319 e. The van der Waals surface area contributed by atoms with Crippen molar-refractivity contribution in [1.29, 1.82) is 0 Å². The molecule has 0 spiro atoms. The number of ether oxygens (including phenoxy) is 1. The molecule has 0 radical (unpaired) electrons. The van der Waals surface area contributed by atoms with E-state index in [2.05, 4.69) is 15.6 Å². The summed E-state index contributed by atoms with van der Waals surface area (Å²) < 4.78 is 6.34. The zero-order valence-electron chi connectivity index (χ0n) is 11.7. The second kappa shape index (κ2) is 7.21. The van der Waals surface area contributed by atoms with Gasteiger partial charge in [-0.2, -0.15) is 0 Å². The number of urea groups is 1. The second-order valence-electron chi connectivity index (χ2n) is 4.35. The molecule has 1 aromatic heterocycles. The highest BCUT2D eigenvalue weighted by Crippen LogP contribution is 2.24. The molecule has 0 atom stereocenters. The fourth-order valence-electron chi connectivity index (χ4n) is 1.82. The SMILES string of the molecule is CCOCCCNC(=O)Nc1ccc2sc(C)nc2c1. The van der Waals surface area contributed by atoms with Crippen molar-refractivity contribution in [3.63, 3.8) is 0 Å². The van der Waals surface area contributed by atoms with E-state index in [1.807, 2.05) is 32.0 Å². The van der Waals surface area contributed by atoms with E-state index in [9.17, 15) is 4.79 Å². The highest BCUT2D eigenvalue weighted by atomic mass is 32.1. The molecule has 5 nitrogen and oxygen atoms in total. The molecule has 0 saturated carbocycles. The lowest BCUT2D eigenvalue weighted by atomic mass is 10.3. The lowest BCUT2D eigenvalue weighted by molar-refractivity contribution is 0.145. The van der Waals surface area contributed by atoms with Gasteiger partial charge in [-0.3, -0.25) is 0 Å². The quantitative estimate of drug-likeness (QED) is 0.804. The third-order valence-corrected chi connectivity index (χ3v) is 3.66. The van der Waals surface area contributed by atoms with Crippen LogP contribution in [0, 0.1) is 6.92 Å². The van der Waals surface area contributed by atoms with Crippen molar-refractivity contribution in [3.05, 3.63) is 23.2 Å². The van der Waals surface area contributed by atoms with Crippen LogP contribution in [0.1, 0.15) is 18.4 Å². The topological polar surface area (TPSA) is 63.2 Å². The summed E-state index contributed by atoms with van der Waals surface area (Å²) >= 11 is 1.65. The van der Waals surface area contributed by atoms with E-state index < -0.39 is 0 Å². The van der Waals surface area contributed by atoms with Crippen LogP contribution in [0.5, 0.6) is 0 Å². The first-order chi connectivity index (χ1) is 9.69. The normalized spacial score (nSPS) is 10.7. The van der Waals surface area contributed by atoms with Gasteiger partial charge < -0.3 is 15.4 Å². The summed E-state index contributed by atoms with van der Waals surface area (Å²) in [5, 5.41) is 6.63. The number of thiazole rings is 1. The lowest BCUT2D eigenvalue weighted by Crippen LogP contribution is -2.30. The van der Waals surface area contributed by atoms with Crippen molar-refractivity contribution in [2.24, 2.45) is 0 Å². The fraction of sp³-hybridized carbons (Fsp3) is 0.429. The molecule has 1 aromatic carbocycles. The molecular weight excluding hydrogens is 274 g/mol. The number of aryl methyl sites for hydroxylation is 1. The van der Waals surface area contributed by atoms with Gasteiger partial charge in [-0.25, -0.2) is 9.78 Å². The molecule has 2 amide bonds. The van der Waals surface area contributed by atoms with Crippen LogP contribution in [-0.2, 0) is 4.74 Å². The zero-order valence-corrected chi connectivity index (χ0v) is 12.5. The van der Waals surface area contributed by atoms with Crippen molar-refractivity contribution < 1.29 is 9.53 Å². The third-order valence-electron chi connectivity index (χ3n) is 2.71. The zero-order chi connectivity index (χ0) is 14.4. The average Bonchev–Trinajstić information content (AvgIpc) is 2.78. The van der Waals surface area contributed by atoms with Crippen LogP contribution in [0.3, 0.4) is 0 Å². The number of nitrogens with one attached hydrogen (secondary N) is 2. The van der Waals surface area contributed by atoms with E-state index in [4.69, 9.17) is 4.74 Å². The van der Waals surface area contributed by atoms with Crippen molar-refractivity contribution in [3.8, 4) is 0 Å². The minimum absolute atomic E-state index is 0.201. The monoisotopic (exact) mass is 293 g/mol. The highest BCUT2D eigenvalue weighted by Gasteiger charge is 2.04. The molecule has 6 heteroatoms. The number of carbonyl (C=O) groups is 1. The van der Waals surface area contributed by atoms with E-state index in [-0.39, 0.29) is 6.03 Å². The Morgan fingerprint density at radius 2 is 2.30 bits per heavy atom. The largest absolute Gasteiger partial charge is 0.382 e. The van der Waals surface area contributed by atoms with Crippen LogP contribution in [0.2, 0.25) is 0 Å². The van der Waals surface area contributed by atoms with E-state index in [1.165, 1.54) is 0 Å². The van der Waals surface area contributed by atoms with Gasteiger partial charge in [0.25, 0.3) is 0 Å². The van der Waals surface area contributed by atoms with Gasteiger partial charge in [0.2, 0.25) is 0 Å². The maximum absolute atomic E-state index is 11.7. The molecule has 108 valence electrons. The van der Waals surface area contributed by atoms with Gasteiger partial charge in [-0.15, -0.1) is 11.3 Å². The second-order valence-corrected chi connectivity index (χ2v) is 5.58. The first-order valence-corrected chi connectivity index (χ1v) is 7.50. The molecule has 0 saturated heterocycles. The molecule has 0 unspecified atom stereocenters. The minimum Gasteiger partial charge on any atom is -0.382 e. The van der Waals surface area contributed by atoms with E-state index in [1.54, 1.807) is 11.3 Å². The Hall–Kier alpha value is -1.66. The van der Waals surface area contributed by atoms with Crippen molar-refractivity contribution >= 4 is 33.3 Å². The number of nitrogens with zero attached hydrogens (tertiary/aromatic N) is 1. The molecule has 1 heterocycles. The Labute approximate surface area is 122 Å². The summed E-state index contributed by atoms with van der Waals surface area (Å²) in [6.07, 6.45) is 0.811. The van der Waals surface area contributed by atoms with Crippen LogP contribution in [-0.4, -0.2) is 30.8 Å². The van der Waals surface area contributed by atoms with E-state index in [0.717, 1.165) is 27.3 Å². The van der Waals surface area contributed by atoms with Gasteiger partial charge in [0.15, 0.2) is 0 Å². The van der Waals surface area contributed by atoms with Gasteiger partial charge in [0, 0.05) is 25.4 Å². The average molecular weight is 293 g/mol. The predicted molar refractivity (Wildman–Crippen MR) is 82.5 cm³/mol. The summed E-state index contributed by atoms with van der Waals surface area (Å²) in [6.45, 7) is 5.91. The first kappa shape index (κ1) is 14.7. The van der Waals surface area contributed by atoms with Crippen LogP contribution >= 0.6 is 11.3 Å². The molecule has 0 fully saturated rings. The fourth-order valence-corrected chi connectivity index (χ4v) is 2.62. The standard InChI is InChI=1S/C14H19N3O2S/c1-3-19-8-4-7-15-14(18)17-11-5-6-13-12(9-11)16-10(2)20-13/h5-6,9H,3-4,7-8H2,1-2H3,(H2,15,17,18). The van der Waals surface area contributed by atoms with Gasteiger partial charge in [-0.05, 0) is 38.5 Å². The van der Waals surface area contributed by atoms with Crippen LogP contribution in [0.4, 0.5) is 10.5 Å². The number of benzene rings is 1. The van der Waals surface area contributed by atoms with Crippen LogP contribution in [0.25, 0.3) is 10.2 Å². The number of hydrogen-bond donors (Lipinski definition) is 2. The maximum Gasteiger partial charge on any atom is 0.319 e. The molecule has 2 N–H and O–H groups in total. The maximum atomic E-state index is 11.7. The predicted octanol–water partition coefficient (Wildman–Crippen LogP) is 3.15. The molecule has 0 aliphatic heterocycles. The van der Waals surface area contributed by atoms with Gasteiger partial charge in [-0.1, -0.05) is 0 Å². The summed E-state index contributed by atoms with van der Waals surface area (Å²) in [4.78, 5) is 16.1. The Morgan fingerprint density at radius 3 is 3.10 bits per heavy atom. The van der Waals surface area contributed by atoms with E-state index in [0.29, 0.717) is 19.8 Å². The molecule has 0 aliphatic carbocycles. The molecule has 0 bridgehead atoms. The van der Waals surface area contributed by atoms with Crippen LogP contribution in [0.15, 0.2) is 18.2 Å². The number of amides is 2. The van der Waals surface area contributed by atoms with Gasteiger partial charge in [0.1, 0.15) is 0 Å². The van der Waals surface area contributed by atoms with Crippen LogP contribution < -0.4 is 10.6 Å². The lowest BCUT2D eigenvalue weighted by Gasteiger charge is -2.07. The van der Waals surface area contributed by atoms with Gasteiger partial charge >= 0.3 is 6.03 Å². The summed E-state index contributed by atoms with van der Waals surface area (Å²) in [5.74, 6) is 0. The van der Waals surface area contributed by atoms with E-state index >= 15 is 0 Å². The highest BCUT2D eigenvalue weighted by molar-refractivity contribution is 7.18. The Kier molecular flexibility index (Phi) is 5.31. The molecule has 2 rings (SSSR count). The summed E-state index contributed by atoms with van der Waals surface area (Å²) in [5.41, 5.74) is 1.67. The first-order valence-electron chi connectivity index (χ1n) is 6.69. The van der Waals surface area contributed by atoms with Crippen molar-refractivity contribution in [1.82, 2.24) is 10.3 Å². The number of aromatic nitrogens is 1. The molecular formula is C14H19N3O2S.